The minimum absolute atomic E-state index is 0.132. The molecule has 110 valence electrons. The summed E-state index contributed by atoms with van der Waals surface area (Å²) in [6.45, 7) is 7.34. The summed E-state index contributed by atoms with van der Waals surface area (Å²) in [7, 11) is 1.71. The van der Waals surface area contributed by atoms with Gasteiger partial charge in [0.1, 0.15) is 6.10 Å². The Hall–Kier alpha value is -1.39. The van der Waals surface area contributed by atoms with E-state index in [4.69, 9.17) is 4.74 Å². The van der Waals surface area contributed by atoms with E-state index in [0.717, 1.165) is 5.56 Å². The van der Waals surface area contributed by atoms with Gasteiger partial charge in [-0.3, -0.25) is 4.79 Å². The fourth-order valence-corrected chi connectivity index (χ4v) is 2.45. The van der Waals surface area contributed by atoms with E-state index in [2.05, 4.69) is 0 Å². The van der Waals surface area contributed by atoms with Crippen molar-refractivity contribution >= 4 is 5.91 Å². The van der Waals surface area contributed by atoms with Gasteiger partial charge in [0.05, 0.1) is 6.04 Å². The number of ether oxygens (including phenoxy) is 1. The number of rotatable bonds is 1. The Morgan fingerprint density at radius 2 is 1.80 bits per heavy atom. The number of amides is 1. The number of aliphatic hydroxyl groups is 1. The lowest BCUT2D eigenvalue weighted by Crippen LogP contribution is -2.64. The van der Waals surface area contributed by atoms with Crippen molar-refractivity contribution in [2.45, 2.75) is 45.6 Å². The van der Waals surface area contributed by atoms with Crippen LogP contribution in [0.15, 0.2) is 30.3 Å². The monoisotopic (exact) mass is 277 g/mol. The summed E-state index contributed by atoms with van der Waals surface area (Å²) >= 11 is 0. The second-order valence-corrected chi connectivity index (χ2v) is 6.50. The normalized spacial score (nSPS) is 31.5. The highest BCUT2D eigenvalue weighted by Crippen LogP contribution is 2.43. The molecule has 1 N–H and O–H groups in total. The van der Waals surface area contributed by atoms with Gasteiger partial charge in [0.2, 0.25) is 0 Å². The Morgan fingerprint density at radius 3 is 2.30 bits per heavy atom. The number of morpholine rings is 1. The quantitative estimate of drug-likeness (QED) is 0.857. The number of hydrogen-bond acceptors (Lipinski definition) is 3. The zero-order valence-corrected chi connectivity index (χ0v) is 12.8. The van der Waals surface area contributed by atoms with Crippen molar-refractivity contribution in [1.29, 1.82) is 0 Å². The zero-order chi connectivity index (χ0) is 15.1. The fourth-order valence-electron chi connectivity index (χ4n) is 2.45. The van der Waals surface area contributed by atoms with Crippen molar-refractivity contribution in [3.8, 4) is 0 Å². The van der Waals surface area contributed by atoms with E-state index in [1.807, 2.05) is 37.3 Å². The molecule has 4 nitrogen and oxygen atoms in total. The topological polar surface area (TPSA) is 49.8 Å². The van der Waals surface area contributed by atoms with Crippen molar-refractivity contribution in [3.05, 3.63) is 35.9 Å². The smallest absolute Gasteiger partial charge is 0.283 e. The van der Waals surface area contributed by atoms with Crippen LogP contribution in [0.25, 0.3) is 0 Å². The summed E-state index contributed by atoms with van der Waals surface area (Å²) in [5.74, 6) is -2.20. The number of hydrogen-bond donors (Lipinski definition) is 1. The van der Waals surface area contributed by atoms with Crippen molar-refractivity contribution in [1.82, 2.24) is 4.90 Å². The Bertz CT molecular complexity index is 494. The van der Waals surface area contributed by atoms with Gasteiger partial charge in [-0.15, -0.1) is 0 Å². The Labute approximate surface area is 120 Å². The third kappa shape index (κ3) is 2.23. The minimum atomic E-state index is -1.81. The number of benzene rings is 1. The second-order valence-electron chi connectivity index (χ2n) is 6.50. The molecule has 1 heterocycles. The lowest BCUT2D eigenvalue weighted by atomic mass is 9.82. The molecule has 1 aromatic rings. The van der Waals surface area contributed by atoms with Gasteiger partial charge in [-0.2, -0.15) is 0 Å². The largest absolute Gasteiger partial charge is 0.358 e. The van der Waals surface area contributed by atoms with Crippen LogP contribution in [0, 0.1) is 5.41 Å². The first kappa shape index (κ1) is 15.0. The molecule has 1 saturated heterocycles. The van der Waals surface area contributed by atoms with Gasteiger partial charge in [-0.1, -0.05) is 51.1 Å². The molecule has 1 aliphatic heterocycles. The average Bonchev–Trinajstić information content (AvgIpc) is 2.40. The van der Waals surface area contributed by atoms with Gasteiger partial charge in [-0.05, 0) is 12.5 Å². The predicted molar refractivity (Wildman–Crippen MR) is 76.9 cm³/mol. The highest BCUT2D eigenvalue weighted by molar-refractivity contribution is 5.85. The summed E-state index contributed by atoms with van der Waals surface area (Å²) in [5, 5.41) is 10.8. The van der Waals surface area contributed by atoms with E-state index in [-0.39, 0.29) is 18.1 Å². The summed E-state index contributed by atoms with van der Waals surface area (Å²) < 4.78 is 5.88. The van der Waals surface area contributed by atoms with Crippen LogP contribution < -0.4 is 0 Å². The first-order valence-electron chi connectivity index (χ1n) is 6.91. The van der Waals surface area contributed by atoms with Crippen LogP contribution in [0.3, 0.4) is 0 Å². The fraction of sp³-hybridized carbons (Fsp3) is 0.562. The van der Waals surface area contributed by atoms with E-state index in [0.29, 0.717) is 0 Å². The van der Waals surface area contributed by atoms with Crippen LogP contribution in [-0.2, 0) is 9.53 Å². The lowest BCUT2D eigenvalue weighted by molar-refractivity contribution is -0.299. The summed E-state index contributed by atoms with van der Waals surface area (Å²) in [6.07, 6.45) is -0.344. The molecule has 1 fully saturated rings. The molecular formula is C16H23NO3. The summed E-state index contributed by atoms with van der Waals surface area (Å²) in [4.78, 5) is 14.0. The highest BCUT2D eigenvalue weighted by atomic mass is 16.6. The molecule has 1 aliphatic rings. The van der Waals surface area contributed by atoms with Gasteiger partial charge < -0.3 is 14.7 Å². The Morgan fingerprint density at radius 1 is 1.25 bits per heavy atom. The molecule has 0 saturated carbocycles. The molecule has 1 amide bonds. The van der Waals surface area contributed by atoms with Crippen LogP contribution in [0.5, 0.6) is 0 Å². The molecular weight excluding hydrogens is 254 g/mol. The number of carbonyl (C=O) groups is 1. The molecule has 1 aromatic carbocycles. The third-order valence-electron chi connectivity index (χ3n) is 4.10. The molecule has 3 atom stereocenters. The van der Waals surface area contributed by atoms with Crippen LogP contribution in [0.1, 0.15) is 39.4 Å². The molecule has 4 heteroatoms. The molecule has 2 rings (SSSR count). The van der Waals surface area contributed by atoms with Crippen LogP contribution >= 0.6 is 0 Å². The molecule has 0 aromatic heterocycles. The van der Waals surface area contributed by atoms with Crippen LogP contribution in [0.2, 0.25) is 0 Å². The minimum Gasteiger partial charge on any atom is -0.358 e. The van der Waals surface area contributed by atoms with Crippen molar-refractivity contribution in [3.63, 3.8) is 0 Å². The third-order valence-corrected chi connectivity index (χ3v) is 4.10. The summed E-state index contributed by atoms with van der Waals surface area (Å²) in [5.41, 5.74) is 0.257. The van der Waals surface area contributed by atoms with Crippen LogP contribution in [-0.4, -0.2) is 34.8 Å². The molecule has 0 spiro atoms. The van der Waals surface area contributed by atoms with E-state index in [1.165, 1.54) is 0 Å². The maximum atomic E-state index is 12.4. The summed E-state index contributed by atoms with van der Waals surface area (Å²) in [6, 6.07) is 9.56. The molecule has 0 unspecified atom stereocenters. The number of nitrogens with zero attached hydrogens (tertiary/aromatic N) is 1. The van der Waals surface area contributed by atoms with Gasteiger partial charge in [-0.25, -0.2) is 0 Å². The van der Waals surface area contributed by atoms with Gasteiger partial charge in [0.15, 0.2) is 0 Å². The van der Waals surface area contributed by atoms with Gasteiger partial charge >= 0.3 is 0 Å². The first-order valence-corrected chi connectivity index (χ1v) is 6.91. The van der Waals surface area contributed by atoms with E-state index < -0.39 is 11.2 Å². The maximum absolute atomic E-state index is 12.4. The maximum Gasteiger partial charge on any atom is 0.283 e. The zero-order valence-electron chi connectivity index (χ0n) is 12.8. The Kier molecular flexibility index (Phi) is 3.65. The molecule has 0 radical (unpaired) electrons. The molecule has 20 heavy (non-hydrogen) atoms. The highest BCUT2D eigenvalue weighted by Gasteiger charge is 2.56. The van der Waals surface area contributed by atoms with Crippen LogP contribution in [0.4, 0.5) is 0 Å². The predicted octanol–water partition coefficient (Wildman–Crippen LogP) is 2.34. The molecule has 0 bridgehead atoms. The van der Waals surface area contributed by atoms with E-state index >= 15 is 0 Å². The molecule has 0 aliphatic carbocycles. The number of carbonyl (C=O) groups excluding carboxylic acids is 1. The number of likely N-dealkylation sites (N-methyl/N-ethyl adjacent to an activating group) is 1. The van der Waals surface area contributed by atoms with Gasteiger partial charge in [0.25, 0.3) is 11.7 Å². The van der Waals surface area contributed by atoms with Crippen molar-refractivity contribution in [2.75, 3.05) is 7.05 Å². The second kappa shape index (κ2) is 4.86. The lowest BCUT2D eigenvalue weighted by Gasteiger charge is -2.50. The van der Waals surface area contributed by atoms with E-state index in [9.17, 15) is 9.90 Å². The SMILES string of the molecule is C[C@H]1[C@@H](c2ccccc2)O[C@@](O)(C(C)(C)C)C(=O)N1C. The first-order chi connectivity index (χ1) is 9.18. The average molecular weight is 277 g/mol. The Balaban J connectivity index is 2.43. The standard InChI is InChI=1S/C16H23NO3/c1-11-13(12-9-7-6-8-10-12)20-16(19,15(2,3)4)14(18)17(11)5/h6-11,13,19H,1-5H3/t11-,13-,16+/m0/s1. The van der Waals surface area contributed by atoms with Crippen molar-refractivity contribution in [2.24, 2.45) is 5.41 Å². The van der Waals surface area contributed by atoms with Gasteiger partial charge in [0, 0.05) is 12.5 Å². The van der Waals surface area contributed by atoms with E-state index in [1.54, 1.807) is 32.7 Å². The van der Waals surface area contributed by atoms with Crippen molar-refractivity contribution < 1.29 is 14.6 Å².